The number of nitrogens with zero attached hydrogens (tertiary/aromatic N) is 1. The van der Waals surface area contributed by atoms with Crippen LogP contribution in [0.4, 0.5) is 26.3 Å². The Kier molecular flexibility index (Phi) is 3.75. The smallest absolute Gasteiger partial charge is 0.420 e. The largest absolute Gasteiger partial charge is 0.507 e. The maximum atomic E-state index is 13.2. The number of alkyl halides is 3. The first-order valence-electron chi connectivity index (χ1n) is 5.64. The zero-order valence-electron chi connectivity index (χ0n) is 10.5. The van der Waals surface area contributed by atoms with Crippen molar-refractivity contribution in [2.45, 2.75) is 6.18 Å². The minimum absolute atomic E-state index is 0.398. The van der Waals surface area contributed by atoms with Crippen LogP contribution in [0.2, 0.25) is 0 Å². The van der Waals surface area contributed by atoms with E-state index in [1.807, 2.05) is 0 Å². The monoisotopic (exact) mass is 317 g/mol. The molecule has 0 saturated heterocycles. The number of hydrogen-bond acceptors (Lipinski definition) is 2. The zero-order valence-corrected chi connectivity index (χ0v) is 10.5. The molecule has 0 amide bonds. The molecule has 0 aliphatic carbocycles. The van der Waals surface area contributed by atoms with Crippen LogP contribution in [0.5, 0.6) is 5.75 Å². The molecule has 0 aromatic heterocycles. The molecule has 0 saturated carbocycles. The molecule has 22 heavy (non-hydrogen) atoms. The average molecular weight is 317 g/mol. The van der Waals surface area contributed by atoms with E-state index in [-0.39, 0.29) is 0 Å². The molecule has 0 heterocycles. The molecule has 2 aromatic rings. The van der Waals surface area contributed by atoms with Crippen molar-refractivity contribution in [2.24, 2.45) is 0 Å². The summed E-state index contributed by atoms with van der Waals surface area (Å²) in [5, 5.41) is 18.4. The fourth-order valence-electron chi connectivity index (χ4n) is 1.85. The highest BCUT2D eigenvalue weighted by Crippen LogP contribution is 2.42. The second kappa shape index (κ2) is 5.26. The number of aromatic hydroxyl groups is 1. The van der Waals surface area contributed by atoms with Crippen LogP contribution in [0.3, 0.4) is 0 Å². The molecular weight excluding hydrogens is 312 g/mol. The quantitative estimate of drug-likeness (QED) is 0.627. The van der Waals surface area contributed by atoms with Gasteiger partial charge in [0.05, 0.1) is 17.2 Å². The van der Waals surface area contributed by atoms with E-state index < -0.39 is 51.6 Å². The molecule has 0 spiro atoms. The Morgan fingerprint density at radius 2 is 1.50 bits per heavy atom. The van der Waals surface area contributed by atoms with Crippen LogP contribution in [0, 0.1) is 28.8 Å². The Morgan fingerprint density at radius 1 is 0.955 bits per heavy atom. The first kappa shape index (κ1) is 15.7. The maximum absolute atomic E-state index is 13.2. The van der Waals surface area contributed by atoms with E-state index in [0.29, 0.717) is 18.2 Å². The minimum Gasteiger partial charge on any atom is -0.507 e. The number of phenolic OH excluding ortho intramolecular Hbond substituents is 1. The summed E-state index contributed by atoms with van der Waals surface area (Å²) in [6.07, 6.45) is -4.98. The molecule has 8 heteroatoms. The fourth-order valence-corrected chi connectivity index (χ4v) is 1.85. The van der Waals surface area contributed by atoms with Crippen molar-refractivity contribution >= 4 is 0 Å². The maximum Gasteiger partial charge on any atom is 0.420 e. The Balaban J connectivity index is 2.79. The second-order valence-electron chi connectivity index (χ2n) is 4.28. The topological polar surface area (TPSA) is 44.0 Å². The molecule has 0 unspecified atom stereocenters. The van der Waals surface area contributed by atoms with Crippen LogP contribution in [0.1, 0.15) is 11.1 Å². The third-order valence-electron chi connectivity index (χ3n) is 2.84. The van der Waals surface area contributed by atoms with Gasteiger partial charge >= 0.3 is 6.18 Å². The van der Waals surface area contributed by atoms with Crippen molar-refractivity contribution in [3.63, 3.8) is 0 Å². The molecule has 0 radical (unpaired) electrons. The van der Waals surface area contributed by atoms with Crippen LogP contribution in [-0.2, 0) is 6.18 Å². The second-order valence-corrected chi connectivity index (χ2v) is 4.28. The van der Waals surface area contributed by atoms with Gasteiger partial charge < -0.3 is 5.11 Å². The highest BCUT2D eigenvalue weighted by Gasteiger charge is 2.35. The van der Waals surface area contributed by atoms with Gasteiger partial charge in [0.2, 0.25) is 0 Å². The van der Waals surface area contributed by atoms with Gasteiger partial charge in [-0.25, -0.2) is 13.2 Å². The number of benzene rings is 2. The van der Waals surface area contributed by atoms with Gasteiger partial charge in [-0.3, -0.25) is 0 Å². The number of phenols is 1. The Morgan fingerprint density at radius 3 is 1.95 bits per heavy atom. The van der Waals surface area contributed by atoms with Crippen molar-refractivity contribution in [2.75, 3.05) is 0 Å². The van der Waals surface area contributed by atoms with Gasteiger partial charge in [0, 0.05) is 5.56 Å². The lowest BCUT2D eigenvalue weighted by Gasteiger charge is -2.14. The van der Waals surface area contributed by atoms with E-state index in [4.69, 9.17) is 5.26 Å². The van der Waals surface area contributed by atoms with Gasteiger partial charge in [0.15, 0.2) is 17.5 Å². The summed E-state index contributed by atoms with van der Waals surface area (Å²) in [5.41, 5.74) is -3.18. The Hall–Kier alpha value is -2.69. The minimum atomic E-state index is -4.98. The van der Waals surface area contributed by atoms with Crippen molar-refractivity contribution in [3.05, 3.63) is 52.8 Å². The molecular formula is C14H5F6NO. The molecule has 114 valence electrons. The highest BCUT2D eigenvalue weighted by atomic mass is 19.4. The Bertz CT molecular complexity index is 768. The number of halogens is 6. The van der Waals surface area contributed by atoms with E-state index in [0.717, 1.165) is 6.07 Å². The summed E-state index contributed by atoms with van der Waals surface area (Å²) in [7, 11) is 0. The molecule has 0 fully saturated rings. The van der Waals surface area contributed by atoms with E-state index in [1.165, 1.54) is 6.07 Å². The molecule has 0 aliphatic rings. The van der Waals surface area contributed by atoms with Crippen molar-refractivity contribution < 1.29 is 31.4 Å². The van der Waals surface area contributed by atoms with Gasteiger partial charge in [0.1, 0.15) is 5.75 Å². The first-order valence-corrected chi connectivity index (χ1v) is 5.64. The van der Waals surface area contributed by atoms with Crippen LogP contribution < -0.4 is 0 Å². The number of nitriles is 1. The van der Waals surface area contributed by atoms with E-state index in [2.05, 4.69) is 0 Å². The number of rotatable bonds is 1. The lowest BCUT2D eigenvalue weighted by Crippen LogP contribution is -2.06. The molecule has 0 atom stereocenters. The van der Waals surface area contributed by atoms with E-state index in [1.54, 1.807) is 0 Å². The van der Waals surface area contributed by atoms with Gasteiger partial charge in [-0.05, 0) is 29.8 Å². The lowest BCUT2D eigenvalue weighted by molar-refractivity contribution is -0.138. The SMILES string of the molecule is N#Cc1cc(-c2cc(F)c(F)c(F)c2)c(O)c(C(F)(F)F)c1. The highest BCUT2D eigenvalue weighted by molar-refractivity contribution is 5.74. The predicted molar refractivity (Wildman–Crippen MR) is 63.1 cm³/mol. The van der Waals surface area contributed by atoms with Gasteiger partial charge in [-0.15, -0.1) is 0 Å². The lowest BCUT2D eigenvalue weighted by atomic mass is 9.98. The molecule has 1 N–H and O–H groups in total. The third kappa shape index (κ3) is 2.70. The molecule has 2 aromatic carbocycles. The van der Waals surface area contributed by atoms with Crippen LogP contribution in [-0.4, -0.2) is 5.11 Å². The van der Waals surface area contributed by atoms with Crippen LogP contribution >= 0.6 is 0 Å². The fraction of sp³-hybridized carbons (Fsp3) is 0.0714. The standard InChI is InChI=1S/C14H5F6NO/c15-10-3-7(4-11(16)12(10)17)8-1-6(5-21)2-9(13(8)22)14(18,19)20/h1-4,22H. The summed E-state index contributed by atoms with van der Waals surface area (Å²) in [5.74, 6) is -6.37. The first-order chi connectivity index (χ1) is 10.1. The van der Waals surface area contributed by atoms with Crippen LogP contribution in [0.15, 0.2) is 24.3 Å². The summed E-state index contributed by atoms with van der Waals surface area (Å²) < 4.78 is 77.7. The molecule has 2 rings (SSSR count). The molecule has 0 aliphatic heterocycles. The van der Waals surface area contributed by atoms with Gasteiger partial charge in [0.25, 0.3) is 0 Å². The Labute approximate surface area is 119 Å². The summed E-state index contributed by atoms with van der Waals surface area (Å²) in [6, 6.07) is 3.51. The molecule has 0 bridgehead atoms. The number of hydrogen-bond donors (Lipinski definition) is 1. The predicted octanol–water partition coefficient (Wildman–Crippen LogP) is 4.37. The van der Waals surface area contributed by atoms with Gasteiger partial charge in [-0.2, -0.15) is 18.4 Å². The average Bonchev–Trinajstić information content (AvgIpc) is 2.43. The third-order valence-corrected chi connectivity index (χ3v) is 2.84. The van der Waals surface area contributed by atoms with E-state index in [9.17, 15) is 31.4 Å². The van der Waals surface area contributed by atoms with Gasteiger partial charge in [-0.1, -0.05) is 0 Å². The summed E-state index contributed by atoms with van der Waals surface area (Å²) in [4.78, 5) is 0. The summed E-state index contributed by atoms with van der Waals surface area (Å²) >= 11 is 0. The van der Waals surface area contributed by atoms with Crippen molar-refractivity contribution in [3.8, 4) is 22.9 Å². The van der Waals surface area contributed by atoms with Crippen molar-refractivity contribution in [1.29, 1.82) is 5.26 Å². The normalized spacial score (nSPS) is 11.3. The van der Waals surface area contributed by atoms with E-state index >= 15 is 0 Å². The van der Waals surface area contributed by atoms with Crippen LogP contribution in [0.25, 0.3) is 11.1 Å². The zero-order chi connectivity index (χ0) is 16.7. The summed E-state index contributed by atoms with van der Waals surface area (Å²) in [6.45, 7) is 0. The van der Waals surface area contributed by atoms with Crippen molar-refractivity contribution in [1.82, 2.24) is 0 Å². The molecule has 2 nitrogen and oxygen atoms in total.